The van der Waals surface area contributed by atoms with Crippen LogP contribution in [-0.2, 0) is 9.59 Å². The lowest BCUT2D eigenvalue weighted by atomic mass is 9.84. The van der Waals surface area contributed by atoms with Gasteiger partial charge in [0.15, 0.2) is 12.0 Å². The molecule has 0 aromatic rings. The second-order valence-corrected chi connectivity index (χ2v) is 5.91. The van der Waals surface area contributed by atoms with Crippen LogP contribution in [0.4, 0.5) is 13.2 Å². The van der Waals surface area contributed by atoms with Crippen molar-refractivity contribution in [3.63, 3.8) is 0 Å². The molecule has 0 heterocycles. The second kappa shape index (κ2) is 8.84. The molecule has 0 saturated carbocycles. The highest BCUT2D eigenvalue weighted by Crippen LogP contribution is 2.36. The lowest BCUT2D eigenvalue weighted by Gasteiger charge is -2.25. The van der Waals surface area contributed by atoms with Crippen molar-refractivity contribution in [3.8, 4) is 11.8 Å². The van der Waals surface area contributed by atoms with Gasteiger partial charge in [-0.3, -0.25) is 9.59 Å². The number of ketones is 2. The van der Waals surface area contributed by atoms with Crippen molar-refractivity contribution in [1.82, 2.24) is 4.90 Å². The molecule has 0 saturated heterocycles. The number of alkyl halides is 1. The van der Waals surface area contributed by atoms with Crippen LogP contribution < -0.4 is 0 Å². The van der Waals surface area contributed by atoms with E-state index in [2.05, 4.69) is 11.8 Å². The molecule has 0 spiro atoms. The first-order valence-corrected chi connectivity index (χ1v) is 7.86. The van der Waals surface area contributed by atoms with Crippen molar-refractivity contribution in [1.29, 1.82) is 0 Å². The van der Waals surface area contributed by atoms with Crippen LogP contribution >= 0.6 is 0 Å². The predicted molar refractivity (Wildman–Crippen MR) is 86.1 cm³/mol. The second-order valence-electron chi connectivity index (χ2n) is 5.91. The fourth-order valence-corrected chi connectivity index (χ4v) is 2.48. The number of allylic oxidation sites excluding steroid dienone is 4. The molecule has 0 amide bonds. The Hall–Kier alpha value is -1.87. The Morgan fingerprint density at radius 3 is 2.42 bits per heavy atom. The Morgan fingerprint density at radius 2 is 1.92 bits per heavy atom. The minimum absolute atomic E-state index is 0.00692. The predicted octanol–water partition coefficient (Wildman–Crippen LogP) is 3.17. The summed E-state index contributed by atoms with van der Waals surface area (Å²) in [6, 6.07) is 0. The topological polar surface area (TPSA) is 37.4 Å². The normalized spacial score (nSPS) is 21.9. The molecule has 0 aromatic heterocycles. The number of carbonyl (C=O) groups excluding carboxylic acids is 2. The van der Waals surface area contributed by atoms with Gasteiger partial charge in [-0.1, -0.05) is 19.8 Å². The Bertz CT molecular complexity index is 626. The fraction of sp³-hybridized carbons (Fsp3) is 0.556. The third-order valence-corrected chi connectivity index (χ3v) is 3.76. The average Bonchev–Trinajstić information content (AvgIpc) is 2.53. The largest absolute Gasteiger partial charge is 0.308 e. The van der Waals surface area contributed by atoms with Gasteiger partial charge in [0.05, 0.1) is 5.57 Å². The molecule has 0 aromatic carbocycles. The summed E-state index contributed by atoms with van der Waals surface area (Å²) in [4.78, 5) is 26.4. The zero-order chi connectivity index (χ0) is 18.4. The molecule has 132 valence electrons. The first-order chi connectivity index (χ1) is 11.2. The molecule has 6 heteroatoms. The molecule has 0 radical (unpaired) electrons. The number of nitrogens with zero attached hydrogens (tertiary/aromatic N) is 1. The van der Waals surface area contributed by atoms with E-state index in [4.69, 9.17) is 0 Å². The molecule has 0 bridgehead atoms. The van der Waals surface area contributed by atoms with Gasteiger partial charge in [-0.25, -0.2) is 13.2 Å². The maximum absolute atomic E-state index is 14.4. The van der Waals surface area contributed by atoms with Crippen molar-refractivity contribution in [2.45, 2.75) is 32.9 Å². The third kappa shape index (κ3) is 4.57. The minimum Gasteiger partial charge on any atom is -0.308 e. The molecule has 0 N–H and O–H groups in total. The third-order valence-electron chi connectivity index (χ3n) is 3.76. The Balaban J connectivity index is 3.26. The van der Waals surface area contributed by atoms with Crippen LogP contribution in [0.25, 0.3) is 0 Å². The zero-order valence-corrected chi connectivity index (χ0v) is 14.3. The van der Waals surface area contributed by atoms with E-state index >= 15 is 0 Å². The summed E-state index contributed by atoms with van der Waals surface area (Å²) in [6.07, 6.45) is -1.10. The summed E-state index contributed by atoms with van der Waals surface area (Å²) in [5, 5.41) is 0. The van der Waals surface area contributed by atoms with Crippen molar-refractivity contribution in [2.24, 2.45) is 11.8 Å². The van der Waals surface area contributed by atoms with E-state index in [-0.39, 0.29) is 13.0 Å². The van der Waals surface area contributed by atoms with Crippen LogP contribution in [0.1, 0.15) is 26.7 Å². The molecule has 0 fully saturated rings. The summed E-state index contributed by atoms with van der Waals surface area (Å²) in [5.41, 5.74) is -0.563. The van der Waals surface area contributed by atoms with Gasteiger partial charge in [-0.2, -0.15) is 0 Å². The lowest BCUT2D eigenvalue weighted by Crippen LogP contribution is -2.36. The maximum Gasteiger partial charge on any atom is 0.217 e. The van der Waals surface area contributed by atoms with E-state index in [1.165, 1.54) is 6.92 Å². The van der Waals surface area contributed by atoms with Gasteiger partial charge in [0.2, 0.25) is 5.78 Å². The van der Waals surface area contributed by atoms with Crippen LogP contribution in [0.2, 0.25) is 0 Å². The van der Waals surface area contributed by atoms with Gasteiger partial charge < -0.3 is 4.90 Å². The Morgan fingerprint density at radius 1 is 1.29 bits per heavy atom. The molecule has 0 aliphatic heterocycles. The summed E-state index contributed by atoms with van der Waals surface area (Å²) < 4.78 is 41.9. The van der Waals surface area contributed by atoms with Crippen molar-refractivity contribution in [3.05, 3.63) is 23.3 Å². The van der Waals surface area contributed by atoms with Gasteiger partial charge in [-0.05, 0) is 32.5 Å². The van der Waals surface area contributed by atoms with E-state index in [9.17, 15) is 22.8 Å². The molecule has 24 heavy (non-hydrogen) atoms. The van der Waals surface area contributed by atoms with Gasteiger partial charge >= 0.3 is 0 Å². The SMILES string of the molecule is CCC#CC(=O)C(CN(C)C)C(=O)C1=C(F)C(CC)C(F)C(F)=C1. The number of halogens is 3. The number of hydrogen-bond donors (Lipinski definition) is 0. The first kappa shape index (κ1) is 20.2. The summed E-state index contributed by atoms with van der Waals surface area (Å²) in [7, 11) is 3.30. The lowest BCUT2D eigenvalue weighted by molar-refractivity contribution is -0.128. The zero-order valence-electron chi connectivity index (χ0n) is 14.3. The smallest absolute Gasteiger partial charge is 0.217 e. The molecule has 1 aliphatic rings. The van der Waals surface area contributed by atoms with Crippen molar-refractivity contribution < 1.29 is 22.8 Å². The average molecular weight is 341 g/mol. The van der Waals surface area contributed by atoms with Crippen LogP contribution in [0, 0.1) is 23.7 Å². The highest BCUT2D eigenvalue weighted by atomic mass is 19.2. The Labute approximate surface area is 140 Å². The molecule has 1 rings (SSSR count). The summed E-state index contributed by atoms with van der Waals surface area (Å²) >= 11 is 0. The highest BCUT2D eigenvalue weighted by Gasteiger charge is 2.38. The Kier molecular flexibility index (Phi) is 7.43. The van der Waals surface area contributed by atoms with Gasteiger partial charge in [0.25, 0.3) is 0 Å². The van der Waals surface area contributed by atoms with Crippen LogP contribution in [0.5, 0.6) is 0 Å². The monoisotopic (exact) mass is 341 g/mol. The summed E-state index contributed by atoms with van der Waals surface area (Å²) in [5.74, 6) is -1.37. The quantitative estimate of drug-likeness (QED) is 0.423. The molecular formula is C18H22F3NO2. The van der Waals surface area contributed by atoms with Gasteiger partial charge in [0, 0.05) is 18.9 Å². The van der Waals surface area contributed by atoms with Crippen molar-refractivity contribution in [2.75, 3.05) is 20.6 Å². The fourth-order valence-electron chi connectivity index (χ4n) is 2.48. The maximum atomic E-state index is 14.4. The van der Waals surface area contributed by atoms with E-state index in [1.54, 1.807) is 25.9 Å². The molecule has 3 nitrogen and oxygen atoms in total. The molecule has 3 atom stereocenters. The molecular weight excluding hydrogens is 319 g/mol. The summed E-state index contributed by atoms with van der Waals surface area (Å²) in [6.45, 7) is 3.27. The van der Waals surface area contributed by atoms with Crippen LogP contribution in [0.15, 0.2) is 23.3 Å². The van der Waals surface area contributed by atoms with Gasteiger partial charge in [0.1, 0.15) is 17.6 Å². The van der Waals surface area contributed by atoms with Crippen molar-refractivity contribution >= 4 is 11.6 Å². The van der Waals surface area contributed by atoms with Crippen LogP contribution in [0.3, 0.4) is 0 Å². The molecule has 1 aliphatic carbocycles. The number of Topliss-reactive ketones (excluding diaryl/α,β-unsaturated/α-hetero) is 2. The molecule has 3 unspecified atom stereocenters. The van der Waals surface area contributed by atoms with E-state index < -0.39 is 46.8 Å². The highest BCUT2D eigenvalue weighted by molar-refractivity contribution is 6.17. The standard InChI is InChI=1S/C18H22F3NO2/c1-5-7-8-15(23)13(10-22(3)4)18(24)12-9-14(19)17(21)11(6-2)16(12)20/h9,11,13,17H,5-6,10H2,1-4H3. The number of hydrogen-bond acceptors (Lipinski definition) is 3. The van der Waals surface area contributed by atoms with Crippen LogP contribution in [-0.4, -0.2) is 43.3 Å². The van der Waals surface area contributed by atoms with E-state index in [1.807, 2.05) is 0 Å². The van der Waals surface area contributed by atoms with E-state index in [0.717, 1.165) is 0 Å². The number of carbonyl (C=O) groups is 2. The van der Waals surface area contributed by atoms with Gasteiger partial charge in [-0.15, -0.1) is 0 Å². The first-order valence-electron chi connectivity index (χ1n) is 7.86. The van der Waals surface area contributed by atoms with E-state index in [0.29, 0.717) is 12.5 Å². The number of rotatable bonds is 6. The minimum atomic E-state index is -2.10.